The van der Waals surface area contributed by atoms with Crippen LogP contribution in [0, 0.1) is 0 Å². The molecule has 3 rings (SSSR count). The quantitative estimate of drug-likeness (QED) is 0.685. The number of aromatic nitrogens is 2. The van der Waals surface area contributed by atoms with Crippen molar-refractivity contribution in [3.63, 3.8) is 0 Å². The molecule has 0 fully saturated rings. The maximum absolute atomic E-state index is 12.1. The number of ketones is 1. The molecule has 2 heterocycles. The summed E-state index contributed by atoms with van der Waals surface area (Å²) in [6, 6.07) is 13.2. The van der Waals surface area contributed by atoms with Gasteiger partial charge in [0.2, 0.25) is 0 Å². The molecule has 0 saturated carbocycles. The molecular weight excluding hydrogens is 268 g/mol. The number of pyridine rings is 1. The summed E-state index contributed by atoms with van der Waals surface area (Å²) < 4.78 is 0. The number of benzene rings is 1. The van der Waals surface area contributed by atoms with Crippen LogP contribution in [0.5, 0.6) is 0 Å². The van der Waals surface area contributed by atoms with E-state index in [1.807, 2.05) is 47.8 Å². The molecule has 3 aromatic rings. The summed E-state index contributed by atoms with van der Waals surface area (Å²) >= 11 is 1.54. The third-order valence-electron chi connectivity index (χ3n) is 2.90. The highest BCUT2D eigenvalue weighted by atomic mass is 32.1. The second-order valence-corrected chi connectivity index (χ2v) is 5.21. The summed E-state index contributed by atoms with van der Waals surface area (Å²) in [7, 11) is 0. The lowest BCUT2D eigenvalue weighted by Crippen LogP contribution is -2.03. The van der Waals surface area contributed by atoms with Crippen molar-refractivity contribution in [2.24, 2.45) is 0 Å². The normalized spacial score (nSPS) is 10.4. The van der Waals surface area contributed by atoms with Gasteiger partial charge in [-0.1, -0.05) is 30.3 Å². The van der Waals surface area contributed by atoms with Crippen LogP contribution in [-0.2, 0) is 6.42 Å². The van der Waals surface area contributed by atoms with Crippen LogP contribution in [0.15, 0.2) is 60.2 Å². The van der Waals surface area contributed by atoms with E-state index in [9.17, 15) is 4.79 Å². The van der Waals surface area contributed by atoms with Gasteiger partial charge < -0.3 is 0 Å². The first-order chi connectivity index (χ1) is 9.83. The van der Waals surface area contributed by atoms with Crippen LogP contribution >= 0.6 is 11.3 Å². The number of nitrogens with zero attached hydrogens (tertiary/aromatic N) is 2. The van der Waals surface area contributed by atoms with Gasteiger partial charge in [-0.3, -0.25) is 9.78 Å². The highest BCUT2D eigenvalue weighted by Crippen LogP contribution is 2.23. The van der Waals surface area contributed by atoms with Gasteiger partial charge in [0.15, 0.2) is 5.78 Å². The van der Waals surface area contributed by atoms with Gasteiger partial charge in [0.05, 0.1) is 12.1 Å². The average molecular weight is 280 g/mol. The molecule has 0 atom stereocenters. The summed E-state index contributed by atoms with van der Waals surface area (Å²) in [6.07, 6.45) is 3.85. The SMILES string of the molecule is O=C(Cc1csc(-c2cccnc2)n1)c1ccccc1. The largest absolute Gasteiger partial charge is 0.294 e. The zero-order valence-corrected chi connectivity index (χ0v) is 11.5. The Morgan fingerprint density at radius 2 is 1.95 bits per heavy atom. The number of thiazole rings is 1. The van der Waals surface area contributed by atoms with Gasteiger partial charge in [-0.05, 0) is 12.1 Å². The van der Waals surface area contributed by atoms with E-state index in [1.54, 1.807) is 12.4 Å². The molecule has 1 aromatic carbocycles. The molecule has 20 heavy (non-hydrogen) atoms. The van der Waals surface area contributed by atoms with Crippen molar-refractivity contribution in [2.75, 3.05) is 0 Å². The maximum atomic E-state index is 12.1. The maximum Gasteiger partial charge on any atom is 0.168 e. The first-order valence-electron chi connectivity index (χ1n) is 6.26. The van der Waals surface area contributed by atoms with Crippen molar-refractivity contribution in [3.8, 4) is 10.6 Å². The van der Waals surface area contributed by atoms with Gasteiger partial charge in [-0.25, -0.2) is 4.98 Å². The van der Waals surface area contributed by atoms with E-state index in [2.05, 4.69) is 9.97 Å². The molecular formula is C16H12N2OS. The van der Waals surface area contributed by atoms with Gasteiger partial charge in [0.25, 0.3) is 0 Å². The van der Waals surface area contributed by atoms with E-state index >= 15 is 0 Å². The van der Waals surface area contributed by atoms with E-state index in [0.29, 0.717) is 6.42 Å². The molecule has 0 bridgehead atoms. The first kappa shape index (κ1) is 12.7. The summed E-state index contributed by atoms with van der Waals surface area (Å²) in [6.45, 7) is 0. The lowest BCUT2D eigenvalue weighted by Gasteiger charge is -1.98. The number of carbonyl (C=O) groups is 1. The summed E-state index contributed by atoms with van der Waals surface area (Å²) in [5.41, 5.74) is 2.52. The minimum atomic E-state index is 0.0913. The third-order valence-corrected chi connectivity index (χ3v) is 3.84. The Kier molecular flexibility index (Phi) is 3.65. The van der Waals surface area contributed by atoms with Gasteiger partial charge in [0, 0.05) is 28.9 Å². The lowest BCUT2D eigenvalue weighted by molar-refractivity contribution is 0.0992. The molecule has 0 aliphatic rings. The Labute approximate surface area is 121 Å². The van der Waals surface area contributed by atoms with Gasteiger partial charge in [-0.15, -0.1) is 11.3 Å². The second kappa shape index (κ2) is 5.75. The average Bonchev–Trinajstić information content (AvgIpc) is 2.97. The Balaban J connectivity index is 1.77. The minimum Gasteiger partial charge on any atom is -0.294 e. The standard InChI is InChI=1S/C16H12N2OS/c19-15(12-5-2-1-3-6-12)9-14-11-20-16(18-14)13-7-4-8-17-10-13/h1-8,10-11H,9H2. The van der Waals surface area contributed by atoms with E-state index in [1.165, 1.54) is 11.3 Å². The van der Waals surface area contributed by atoms with Gasteiger partial charge in [-0.2, -0.15) is 0 Å². The van der Waals surface area contributed by atoms with E-state index in [4.69, 9.17) is 0 Å². The van der Waals surface area contributed by atoms with Gasteiger partial charge in [0.1, 0.15) is 5.01 Å². The number of hydrogen-bond donors (Lipinski definition) is 0. The summed E-state index contributed by atoms with van der Waals surface area (Å²) in [5, 5.41) is 2.83. The molecule has 0 saturated heterocycles. The van der Waals surface area contributed by atoms with Crippen LogP contribution < -0.4 is 0 Å². The molecule has 0 aliphatic heterocycles. The van der Waals surface area contributed by atoms with Crippen molar-refractivity contribution in [1.29, 1.82) is 0 Å². The summed E-state index contributed by atoms with van der Waals surface area (Å²) in [4.78, 5) is 20.7. The van der Waals surface area contributed by atoms with Crippen LogP contribution in [0.1, 0.15) is 16.1 Å². The second-order valence-electron chi connectivity index (χ2n) is 4.35. The first-order valence-corrected chi connectivity index (χ1v) is 7.14. The van der Waals surface area contributed by atoms with Crippen molar-refractivity contribution in [2.45, 2.75) is 6.42 Å². The molecule has 0 radical (unpaired) electrons. The Bertz CT molecular complexity index is 708. The number of carbonyl (C=O) groups excluding carboxylic acids is 1. The monoisotopic (exact) mass is 280 g/mol. The van der Waals surface area contributed by atoms with Crippen LogP contribution in [-0.4, -0.2) is 15.8 Å². The highest BCUT2D eigenvalue weighted by molar-refractivity contribution is 7.13. The molecule has 0 unspecified atom stereocenters. The third kappa shape index (κ3) is 2.81. The zero-order valence-electron chi connectivity index (χ0n) is 10.7. The van der Waals surface area contributed by atoms with Crippen molar-refractivity contribution in [3.05, 3.63) is 71.5 Å². The Morgan fingerprint density at radius 1 is 1.10 bits per heavy atom. The van der Waals surface area contributed by atoms with E-state index in [-0.39, 0.29) is 5.78 Å². The topological polar surface area (TPSA) is 42.9 Å². The van der Waals surface area contributed by atoms with Crippen molar-refractivity contribution in [1.82, 2.24) is 9.97 Å². The zero-order chi connectivity index (χ0) is 13.8. The molecule has 98 valence electrons. The van der Waals surface area contributed by atoms with Crippen molar-refractivity contribution < 1.29 is 4.79 Å². The fourth-order valence-electron chi connectivity index (χ4n) is 1.90. The Hall–Kier alpha value is -2.33. The molecule has 0 spiro atoms. The molecule has 3 nitrogen and oxygen atoms in total. The van der Waals surface area contributed by atoms with E-state index < -0.39 is 0 Å². The fraction of sp³-hybridized carbons (Fsp3) is 0.0625. The minimum absolute atomic E-state index is 0.0913. The van der Waals surface area contributed by atoms with Crippen molar-refractivity contribution >= 4 is 17.1 Å². The van der Waals surface area contributed by atoms with Crippen LogP contribution in [0.2, 0.25) is 0 Å². The molecule has 4 heteroatoms. The predicted molar refractivity (Wildman–Crippen MR) is 79.8 cm³/mol. The lowest BCUT2D eigenvalue weighted by atomic mass is 10.1. The van der Waals surface area contributed by atoms with Crippen LogP contribution in [0.25, 0.3) is 10.6 Å². The van der Waals surface area contributed by atoms with Crippen LogP contribution in [0.3, 0.4) is 0 Å². The van der Waals surface area contributed by atoms with Crippen LogP contribution in [0.4, 0.5) is 0 Å². The molecule has 0 amide bonds. The summed E-state index contributed by atoms with van der Waals surface area (Å²) in [5.74, 6) is 0.0913. The Morgan fingerprint density at radius 3 is 2.70 bits per heavy atom. The number of hydrogen-bond acceptors (Lipinski definition) is 4. The number of Topliss-reactive ketones (excluding diaryl/α,β-unsaturated/α-hetero) is 1. The molecule has 0 aliphatic carbocycles. The fourth-order valence-corrected chi connectivity index (χ4v) is 2.71. The van der Waals surface area contributed by atoms with E-state index in [0.717, 1.165) is 21.8 Å². The predicted octanol–water partition coefficient (Wildman–Crippen LogP) is 3.63. The highest BCUT2D eigenvalue weighted by Gasteiger charge is 2.10. The smallest absolute Gasteiger partial charge is 0.168 e. The number of rotatable bonds is 4. The molecule has 2 aromatic heterocycles. The van der Waals surface area contributed by atoms with Gasteiger partial charge >= 0.3 is 0 Å². The molecule has 0 N–H and O–H groups in total.